The molecule has 170 valence electrons. The van der Waals surface area contributed by atoms with Crippen LogP contribution in [0.4, 0.5) is 0 Å². The van der Waals surface area contributed by atoms with Gasteiger partial charge in [-0.3, -0.25) is 4.99 Å². The molecule has 2 rings (SSSR count). The number of ether oxygens (including phenoxy) is 2. The van der Waals surface area contributed by atoms with Gasteiger partial charge in [-0.05, 0) is 57.0 Å². The number of hydrogen-bond acceptors (Lipinski definition) is 5. The second-order valence-electron chi connectivity index (χ2n) is 6.92. The zero-order valence-electron chi connectivity index (χ0n) is 18.7. The number of aliphatic imine (C=N–C) groups is 1. The summed E-state index contributed by atoms with van der Waals surface area (Å²) in [5.41, 5.74) is 1.03. The molecule has 31 heavy (non-hydrogen) atoms. The Balaban J connectivity index is 1.90. The van der Waals surface area contributed by atoms with E-state index in [1.165, 1.54) is 0 Å². The first-order valence-electron chi connectivity index (χ1n) is 10.6. The Labute approximate surface area is 185 Å². The van der Waals surface area contributed by atoms with Crippen LogP contribution in [-0.2, 0) is 9.84 Å². The number of nitrogens with one attached hydrogen (secondary N) is 2. The van der Waals surface area contributed by atoms with Gasteiger partial charge < -0.3 is 20.1 Å². The Hall–Kier alpha value is -2.74. The maximum Gasteiger partial charge on any atom is 0.191 e. The van der Waals surface area contributed by atoms with Crippen molar-refractivity contribution in [3.05, 3.63) is 54.1 Å². The first-order chi connectivity index (χ1) is 14.9. The van der Waals surface area contributed by atoms with Crippen molar-refractivity contribution in [2.24, 2.45) is 4.99 Å². The number of benzene rings is 2. The van der Waals surface area contributed by atoms with Crippen molar-refractivity contribution in [1.29, 1.82) is 0 Å². The van der Waals surface area contributed by atoms with E-state index in [0.717, 1.165) is 11.3 Å². The third kappa shape index (κ3) is 7.47. The number of hydrogen-bond donors (Lipinski definition) is 2. The molecule has 2 aromatic rings. The zero-order valence-corrected chi connectivity index (χ0v) is 19.5. The summed E-state index contributed by atoms with van der Waals surface area (Å²) >= 11 is 0. The monoisotopic (exact) mass is 447 g/mol. The molecule has 7 nitrogen and oxygen atoms in total. The number of rotatable bonds is 11. The third-order valence-corrected chi connectivity index (χ3v) is 6.45. The number of guanidine groups is 1. The third-order valence-electron chi connectivity index (χ3n) is 4.63. The molecule has 0 amide bonds. The quantitative estimate of drug-likeness (QED) is 0.311. The molecule has 0 saturated heterocycles. The Kier molecular flexibility index (Phi) is 9.65. The van der Waals surface area contributed by atoms with Gasteiger partial charge in [-0.1, -0.05) is 24.3 Å². The average molecular weight is 448 g/mol. The Morgan fingerprint density at radius 3 is 2.35 bits per heavy atom. The second kappa shape index (κ2) is 12.2. The van der Waals surface area contributed by atoms with Gasteiger partial charge in [-0.25, -0.2) is 8.42 Å². The van der Waals surface area contributed by atoms with Gasteiger partial charge in [0.15, 0.2) is 27.3 Å². The van der Waals surface area contributed by atoms with Gasteiger partial charge in [0.1, 0.15) is 0 Å². The van der Waals surface area contributed by atoms with Crippen molar-refractivity contribution in [2.75, 3.05) is 32.6 Å². The lowest BCUT2D eigenvalue weighted by atomic mass is 10.1. The van der Waals surface area contributed by atoms with Gasteiger partial charge in [0.2, 0.25) is 0 Å². The minimum Gasteiger partial charge on any atom is -0.490 e. The molecule has 8 heteroatoms. The Morgan fingerprint density at radius 1 is 1.03 bits per heavy atom. The minimum absolute atomic E-state index is 0.0332. The molecule has 0 bridgehead atoms. The van der Waals surface area contributed by atoms with Gasteiger partial charge >= 0.3 is 0 Å². The van der Waals surface area contributed by atoms with Crippen LogP contribution in [0, 0.1) is 0 Å². The summed E-state index contributed by atoms with van der Waals surface area (Å²) in [6, 6.07) is 14.3. The highest BCUT2D eigenvalue weighted by atomic mass is 32.2. The first-order valence-corrected chi connectivity index (χ1v) is 12.2. The molecule has 2 aromatic carbocycles. The van der Waals surface area contributed by atoms with Crippen molar-refractivity contribution >= 4 is 15.8 Å². The Bertz CT molecular complexity index is 947. The smallest absolute Gasteiger partial charge is 0.191 e. The van der Waals surface area contributed by atoms with Crippen molar-refractivity contribution in [3.8, 4) is 11.5 Å². The maximum absolute atomic E-state index is 12.4. The largest absolute Gasteiger partial charge is 0.490 e. The molecule has 2 N–H and O–H groups in total. The molecule has 0 radical (unpaired) electrons. The molecule has 1 atom stereocenters. The fraction of sp³-hybridized carbons (Fsp3) is 0.435. The summed E-state index contributed by atoms with van der Waals surface area (Å²) in [5, 5.41) is 6.51. The van der Waals surface area contributed by atoms with Crippen LogP contribution in [0.15, 0.2) is 58.4 Å². The molecule has 0 aliphatic heterocycles. The van der Waals surface area contributed by atoms with E-state index in [1.54, 1.807) is 37.4 Å². The highest BCUT2D eigenvalue weighted by molar-refractivity contribution is 7.91. The topological polar surface area (TPSA) is 89.0 Å². The predicted molar refractivity (Wildman–Crippen MR) is 125 cm³/mol. The van der Waals surface area contributed by atoms with Crippen LogP contribution in [-0.4, -0.2) is 46.9 Å². The van der Waals surface area contributed by atoms with Crippen molar-refractivity contribution in [1.82, 2.24) is 10.6 Å². The summed E-state index contributed by atoms with van der Waals surface area (Å²) in [4.78, 5) is 4.59. The number of sulfone groups is 1. The van der Waals surface area contributed by atoms with E-state index in [1.807, 2.05) is 39.0 Å². The standard InChI is InChI=1S/C23H33N3O4S/c1-5-29-21-14-13-19(17-22(21)30-6-2)18(3)26-23(24-4)25-15-10-16-31(27,28)20-11-8-7-9-12-20/h7-9,11-14,17-18H,5-6,10,15-16H2,1-4H3,(H2,24,25,26). The van der Waals surface area contributed by atoms with Crippen LogP contribution in [0.1, 0.15) is 38.8 Å². The minimum atomic E-state index is -3.28. The van der Waals surface area contributed by atoms with Crippen molar-refractivity contribution in [3.63, 3.8) is 0 Å². The maximum atomic E-state index is 12.4. The van der Waals surface area contributed by atoms with Gasteiger partial charge in [-0.15, -0.1) is 0 Å². The van der Waals surface area contributed by atoms with Crippen LogP contribution in [0.2, 0.25) is 0 Å². The summed E-state index contributed by atoms with van der Waals surface area (Å²) in [7, 11) is -1.59. The van der Waals surface area contributed by atoms with Crippen LogP contribution in [0.5, 0.6) is 11.5 Å². The molecule has 0 aliphatic rings. The van der Waals surface area contributed by atoms with Gasteiger partial charge in [0.05, 0.1) is 29.9 Å². The average Bonchev–Trinajstić information content (AvgIpc) is 2.77. The van der Waals surface area contributed by atoms with Crippen molar-refractivity contribution < 1.29 is 17.9 Å². The van der Waals surface area contributed by atoms with Crippen LogP contribution in [0.25, 0.3) is 0 Å². The van der Waals surface area contributed by atoms with E-state index in [2.05, 4.69) is 15.6 Å². The van der Waals surface area contributed by atoms with Gasteiger partial charge in [-0.2, -0.15) is 0 Å². The molecular formula is C23H33N3O4S. The molecule has 0 saturated carbocycles. The normalized spacial score (nSPS) is 12.8. The molecule has 0 aliphatic carbocycles. The summed E-state index contributed by atoms with van der Waals surface area (Å²) in [5.74, 6) is 2.12. The lowest BCUT2D eigenvalue weighted by Gasteiger charge is -2.20. The number of nitrogens with zero attached hydrogens (tertiary/aromatic N) is 1. The van der Waals surface area contributed by atoms with E-state index < -0.39 is 9.84 Å². The van der Waals surface area contributed by atoms with E-state index in [-0.39, 0.29) is 11.8 Å². The molecule has 0 aromatic heterocycles. The highest BCUT2D eigenvalue weighted by Gasteiger charge is 2.14. The van der Waals surface area contributed by atoms with Crippen LogP contribution >= 0.6 is 0 Å². The zero-order chi connectivity index (χ0) is 22.7. The highest BCUT2D eigenvalue weighted by Crippen LogP contribution is 2.30. The first kappa shape index (κ1) is 24.5. The van der Waals surface area contributed by atoms with E-state index in [4.69, 9.17) is 9.47 Å². The van der Waals surface area contributed by atoms with Crippen LogP contribution < -0.4 is 20.1 Å². The summed E-state index contributed by atoms with van der Waals surface area (Å²) in [6.07, 6.45) is 0.476. The summed E-state index contributed by atoms with van der Waals surface area (Å²) < 4.78 is 36.1. The molecule has 1 unspecified atom stereocenters. The lowest BCUT2D eigenvalue weighted by molar-refractivity contribution is 0.287. The fourth-order valence-corrected chi connectivity index (χ4v) is 4.37. The molecular weight excluding hydrogens is 414 g/mol. The lowest BCUT2D eigenvalue weighted by Crippen LogP contribution is -2.39. The molecule has 0 heterocycles. The van der Waals surface area contributed by atoms with Crippen LogP contribution in [0.3, 0.4) is 0 Å². The molecule has 0 spiro atoms. The predicted octanol–water partition coefficient (Wildman–Crippen LogP) is 3.57. The summed E-state index contributed by atoms with van der Waals surface area (Å²) in [6.45, 7) is 7.52. The fourth-order valence-electron chi connectivity index (χ4n) is 3.03. The van der Waals surface area contributed by atoms with E-state index in [9.17, 15) is 8.42 Å². The Morgan fingerprint density at radius 2 is 1.71 bits per heavy atom. The van der Waals surface area contributed by atoms with E-state index >= 15 is 0 Å². The van der Waals surface area contributed by atoms with Gasteiger partial charge in [0, 0.05) is 13.6 Å². The van der Waals surface area contributed by atoms with Gasteiger partial charge in [0.25, 0.3) is 0 Å². The molecule has 0 fully saturated rings. The SMILES string of the molecule is CCOc1ccc(C(C)NC(=NC)NCCCS(=O)(=O)c2ccccc2)cc1OCC. The second-order valence-corrected chi connectivity index (χ2v) is 9.03. The van der Waals surface area contributed by atoms with E-state index in [0.29, 0.717) is 42.8 Å². The van der Waals surface area contributed by atoms with Crippen molar-refractivity contribution in [2.45, 2.75) is 38.1 Å².